The molecule has 0 aliphatic carbocycles. The zero-order valence-electron chi connectivity index (χ0n) is 12.0. The van der Waals surface area contributed by atoms with Gasteiger partial charge in [0.15, 0.2) is 0 Å². The highest BCUT2D eigenvalue weighted by Crippen LogP contribution is 2.25. The van der Waals surface area contributed by atoms with E-state index in [1.54, 1.807) is 50.4 Å². The van der Waals surface area contributed by atoms with Crippen molar-refractivity contribution < 1.29 is 13.2 Å². The summed E-state index contributed by atoms with van der Waals surface area (Å²) < 4.78 is 31.8. The van der Waals surface area contributed by atoms with Crippen LogP contribution in [0.4, 0.5) is 11.4 Å². The molecule has 21 heavy (non-hydrogen) atoms. The lowest BCUT2D eigenvalue weighted by atomic mass is 10.3. The number of nitrogens with two attached hydrogens (primary N) is 1. The lowest BCUT2D eigenvalue weighted by molar-refractivity contribution is 0.415. The van der Waals surface area contributed by atoms with Crippen molar-refractivity contribution in [2.24, 2.45) is 0 Å². The first kappa shape index (κ1) is 15.2. The Kier molecular flexibility index (Phi) is 4.37. The van der Waals surface area contributed by atoms with Gasteiger partial charge in [-0.2, -0.15) is 0 Å². The minimum atomic E-state index is -3.60. The second kappa shape index (κ2) is 6.05. The minimum absolute atomic E-state index is 0.217. The molecule has 0 spiro atoms. The number of benzene rings is 2. The Hall–Kier alpha value is -2.21. The molecule has 5 nitrogen and oxygen atoms in total. The summed E-state index contributed by atoms with van der Waals surface area (Å²) in [6, 6.07) is 13.1. The Balaban J connectivity index is 2.41. The van der Waals surface area contributed by atoms with Gasteiger partial charge in [-0.25, -0.2) is 8.42 Å². The van der Waals surface area contributed by atoms with Crippen LogP contribution in [0.2, 0.25) is 0 Å². The van der Waals surface area contributed by atoms with Gasteiger partial charge in [-0.1, -0.05) is 0 Å². The van der Waals surface area contributed by atoms with Crippen LogP contribution in [-0.2, 0) is 10.0 Å². The van der Waals surface area contributed by atoms with E-state index < -0.39 is 10.0 Å². The molecule has 0 heterocycles. The van der Waals surface area contributed by atoms with Gasteiger partial charge in [-0.3, -0.25) is 4.31 Å². The number of sulfonamides is 1. The van der Waals surface area contributed by atoms with Gasteiger partial charge in [0.2, 0.25) is 0 Å². The van der Waals surface area contributed by atoms with Crippen LogP contribution in [-0.4, -0.2) is 22.1 Å². The van der Waals surface area contributed by atoms with Crippen LogP contribution in [0.15, 0.2) is 53.4 Å². The van der Waals surface area contributed by atoms with E-state index in [-0.39, 0.29) is 4.90 Å². The maximum absolute atomic E-state index is 12.7. The fourth-order valence-electron chi connectivity index (χ4n) is 2.01. The first-order valence-corrected chi connectivity index (χ1v) is 7.95. The topological polar surface area (TPSA) is 72.6 Å². The Labute approximate surface area is 125 Å². The predicted octanol–water partition coefficient (Wildman–Crippen LogP) is 2.49. The highest BCUT2D eigenvalue weighted by atomic mass is 32.2. The van der Waals surface area contributed by atoms with Gasteiger partial charge in [0.05, 0.1) is 17.7 Å². The van der Waals surface area contributed by atoms with Crippen LogP contribution < -0.4 is 14.8 Å². The van der Waals surface area contributed by atoms with Crippen LogP contribution >= 0.6 is 0 Å². The molecule has 112 valence electrons. The fourth-order valence-corrected chi connectivity index (χ4v) is 3.48. The maximum Gasteiger partial charge on any atom is 0.264 e. The van der Waals surface area contributed by atoms with E-state index in [2.05, 4.69) is 0 Å². The largest absolute Gasteiger partial charge is 0.497 e. The average Bonchev–Trinajstić information content (AvgIpc) is 2.49. The number of ether oxygens (including phenoxy) is 1. The third-order valence-corrected chi connectivity index (χ3v) is 5.03. The summed E-state index contributed by atoms with van der Waals surface area (Å²) in [5.41, 5.74) is 6.72. The number of methoxy groups -OCH3 is 1. The molecule has 0 atom stereocenters. The van der Waals surface area contributed by atoms with Crippen LogP contribution in [0.25, 0.3) is 0 Å². The van der Waals surface area contributed by atoms with E-state index in [1.165, 1.54) is 16.4 Å². The smallest absolute Gasteiger partial charge is 0.264 e. The normalized spacial score (nSPS) is 11.1. The second-order valence-electron chi connectivity index (χ2n) is 4.44. The number of nitrogen functional groups attached to an aromatic ring is 1. The van der Waals surface area contributed by atoms with Gasteiger partial charge in [-0.15, -0.1) is 0 Å². The summed E-state index contributed by atoms with van der Waals surface area (Å²) in [6.45, 7) is 2.12. The van der Waals surface area contributed by atoms with Gasteiger partial charge < -0.3 is 10.5 Å². The van der Waals surface area contributed by atoms with E-state index in [1.807, 2.05) is 0 Å². The van der Waals surface area contributed by atoms with Crippen LogP contribution in [0.1, 0.15) is 6.92 Å². The fraction of sp³-hybridized carbons (Fsp3) is 0.200. The van der Waals surface area contributed by atoms with Gasteiger partial charge >= 0.3 is 0 Å². The van der Waals surface area contributed by atoms with E-state index in [9.17, 15) is 8.42 Å². The number of anilines is 2. The number of rotatable bonds is 5. The van der Waals surface area contributed by atoms with Crippen molar-refractivity contribution in [1.29, 1.82) is 0 Å². The molecule has 0 bridgehead atoms. The third-order valence-electron chi connectivity index (χ3n) is 3.12. The van der Waals surface area contributed by atoms with Gasteiger partial charge in [0.25, 0.3) is 10.0 Å². The summed E-state index contributed by atoms with van der Waals surface area (Å²) in [4.78, 5) is 0.217. The Morgan fingerprint density at radius 1 is 1.05 bits per heavy atom. The van der Waals surface area contributed by atoms with Crippen molar-refractivity contribution in [1.82, 2.24) is 0 Å². The molecule has 0 fully saturated rings. The molecule has 0 aromatic heterocycles. The molecule has 0 aliphatic rings. The standard InChI is InChI=1S/C15H18N2O3S/c1-3-17(13-6-8-14(20-2)9-7-13)21(18,19)15-10-4-12(16)5-11-15/h4-11H,3,16H2,1-2H3. The number of hydrogen-bond donors (Lipinski definition) is 1. The Morgan fingerprint density at radius 3 is 2.10 bits per heavy atom. The lowest BCUT2D eigenvalue weighted by Crippen LogP contribution is -2.30. The Morgan fingerprint density at radius 2 is 1.62 bits per heavy atom. The van der Waals surface area contributed by atoms with Crippen LogP contribution in [0.5, 0.6) is 5.75 Å². The quantitative estimate of drug-likeness (QED) is 0.861. The highest BCUT2D eigenvalue weighted by Gasteiger charge is 2.23. The zero-order valence-corrected chi connectivity index (χ0v) is 12.8. The molecule has 0 saturated heterocycles. The molecule has 2 N–H and O–H groups in total. The molecule has 0 aliphatic heterocycles. The van der Waals surface area contributed by atoms with Crippen molar-refractivity contribution in [3.05, 3.63) is 48.5 Å². The molecule has 0 saturated carbocycles. The first-order valence-electron chi connectivity index (χ1n) is 6.51. The molecule has 2 rings (SSSR count). The molecular weight excluding hydrogens is 288 g/mol. The molecule has 0 unspecified atom stereocenters. The summed E-state index contributed by atoms with van der Waals surface area (Å²) in [6.07, 6.45) is 0. The van der Waals surface area contributed by atoms with Crippen LogP contribution in [0, 0.1) is 0 Å². The van der Waals surface area contributed by atoms with E-state index in [0.717, 1.165) is 0 Å². The monoisotopic (exact) mass is 306 g/mol. The van der Waals surface area contributed by atoms with Crippen molar-refractivity contribution in [3.63, 3.8) is 0 Å². The van der Waals surface area contributed by atoms with E-state index in [0.29, 0.717) is 23.7 Å². The summed E-state index contributed by atoms with van der Waals surface area (Å²) in [5.74, 6) is 0.680. The van der Waals surface area contributed by atoms with Gasteiger partial charge in [-0.05, 0) is 55.5 Å². The number of hydrogen-bond acceptors (Lipinski definition) is 4. The molecule has 6 heteroatoms. The number of nitrogens with zero attached hydrogens (tertiary/aromatic N) is 1. The summed E-state index contributed by atoms with van der Waals surface area (Å²) >= 11 is 0. The van der Waals surface area contributed by atoms with Crippen molar-refractivity contribution >= 4 is 21.4 Å². The van der Waals surface area contributed by atoms with E-state index in [4.69, 9.17) is 10.5 Å². The van der Waals surface area contributed by atoms with Crippen molar-refractivity contribution in [2.75, 3.05) is 23.7 Å². The van der Waals surface area contributed by atoms with Gasteiger partial charge in [0, 0.05) is 12.2 Å². The third kappa shape index (κ3) is 3.11. The van der Waals surface area contributed by atoms with Crippen LogP contribution in [0.3, 0.4) is 0 Å². The van der Waals surface area contributed by atoms with Crippen molar-refractivity contribution in [2.45, 2.75) is 11.8 Å². The second-order valence-corrected chi connectivity index (χ2v) is 6.30. The molecular formula is C15H18N2O3S. The van der Waals surface area contributed by atoms with E-state index >= 15 is 0 Å². The minimum Gasteiger partial charge on any atom is -0.497 e. The predicted molar refractivity (Wildman–Crippen MR) is 84.1 cm³/mol. The first-order chi connectivity index (χ1) is 9.98. The Bertz CT molecular complexity index is 695. The molecule has 2 aromatic carbocycles. The molecule has 0 amide bonds. The van der Waals surface area contributed by atoms with Gasteiger partial charge in [0.1, 0.15) is 5.75 Å². The molecule has 0 radical (unpaired) electrons. The highest BCUT2D eigenvalue weighted by molar-refractivity contribution is 7.92. The maximum atomic E-state index is 12.7. The molecule has 2 aromatic rings. The summed E-state index contributed by atoms with van der Waals surface area (Å²) in [7, 11) is -2.04. The lowest BCUT2D eigenvalue weighted by Gasteiger charge is -2.23. The summed E-state index contributed by atoms with van der Waals surface area (Å²) in [5, 5.41) is 0. The van der Waals surface area contributed by atoms with Crippen molar-refractivity contribution in [3.8, 4) is 5.75 Å². The average molecular weight is 306 g/mol. The SMILES string of the molecule is CCN(c1ccc(OC)cc1)S(=O)(=O)c1ccc(N)cc1. The zero-order chi connectivity index (χ0) is 15.5.